The fourth-order valence-corrected chi connectivity index (χ4v) is 4.44. The average molecular weight is 350 g/mol. The summed E-state index contributed by atoms with van der Waals surface area (Å²) < 4.78 is 0. The summed E-state index contributed by atoms with van der Waals surface area (Å²) in [4.78, 5) is 8.64. The molecule has 0 unspecified atom stereocenters. The Kier molecular flexibility index (Phi) is 4.81. The second-order valence-electron chi connectivity index (χ2n) is 6.49. The number of hydrogen-bond acceptors (Lipinski definition) is 4. The molecule has 0 saturated carbocycles. The van der Waals surface area contributed by atoms with Crippen molar-refractivity contribution >= 4 is 28.3 Å². The highest BCUT2D eigenvalue weighted by molar-refractivity contribution is 7.10. The van der Waals surface area contributed by atoms with Crippen molar-refractivity contribution in [2.45, 2.75) is 18.9 Å². The lowest BCUT2D eigenvalue weighted by molar-refractivity contribution is 0.255. The summed E-state index contributed by atoms with van der Waals surface area (Å²) in [5, 5.41) is 14.6. The first kappa shape index (κ1) is 16.3. The number of rotatable bonds is 5. The maximum absolute atomic E-state index is 10.3. The fourth-order valence-electron chi connectivity index (χ4n) is 3.58. The molecular formula is C21H22N2OS. The molecule has 1 aromatic heterocycles. The number of phenolic OH excluding ortho intramolecular Hbond substituents is 1. The van der Waals surface area contributed by atoms with Gasteiger partial charge in [-0.3, -0.25) is 9.89 Å². The Morgan fingerprint density at radius 2 is 1.92 bits per heavy atom. The van der Waals surface area contributed by atoms with E-state index in [1.807, 2.05) is 30.5 Å². The smallest absolute Gasteiger partial charge is 0.124 e. The first-order valence-electron chi connectivity index (χ1n) is 8.81. The maximum atomic E-state index is 10.3. The predicted molar refractivity (Wildman–Crippen MR) is 106 cm³/mol. The molecule has 0 amide bonds. The third kappa shape index (κ3) is 3.46. The largest absolute Gasteiger partial charge is 0.507 e. The molecule has 1 atom stereocenters. The Bertz CT molecular complexity index is 867. The summed E-state index contributed by atoms with van der Waals surface area (Å²) in [6.45, 7) is 3.03. The summed E-state index contributed by atoms with van der Waals surface area (Å²) in [6.07, 6.45) is 4.39. The second kappa shape index (κ2) is 7.38. The Hall–Kier alpha value is -2.17. The van der Waals surface area contributed by atoms with Crippen LogP contribution in [-0.4, -0.2) is 35.9 Å². The van der Waals surface area contributed by atoms with Crippen LogP contribution < -0.4 is 0 Å². The Labute approximate surface area is 152 Å². The Morgan fingerprint density at radius 1 is 1.08 bits per heavy atom. The highest BCUT2D eigenvalue weighted by atomic mass is 32.1. The molecule has 4 rings (SSSR count). The van der Waals surface area contributed by atoms with Crippen molar-refractivity contribution in [3.63, 3.8) is 0 Å². The minimum atomic E-state index is 0.288. The minimum absolute atomic E-state index is 0.288. The molecule has 0 bridgehead atoms. The molecule has 4 heteroatoms. The van der Waals surface area contributed by atoms with Crippen molar-refractivity contribution in [1.29, 1.82) is 0 Å². The van der Waals surface area contributed by atoms with Gasteiger partial charge in [0.05, 0.1) is 12.6 Å². The molecule has 2 aromatic carbocycles. The van der Waals surface area contributed by atoms with Gasteiger partial charge in [-0.05, 0) is 54.2 Å². The van der Waals surface area contributed by atoms with Crippen LogP contribution in [0, 0.1) is 0 Å². The quantitative estimate of drug-likeness (QED) is 0.667. The molecule has 25 heavy (non-hydrogen) atoms. The Morgan fingerprint density at radius 3 is 2.72 bits per heavy atom. The SMILES string of the molecule is Oc1ccc2ccccc2c1C=NC[C@H](c1cccs1)N1CCCC1. The third-order valence-electron chi connectivity index (χ3n) is 4.90. The zero-order valence-electron chi connectivity index (χ0n) is 14.1. The van der Waals surface area contributed by atoms with Gasteiger partial charge in [0.15, 0.2) is 0 Å². The second-order valence-corrected chi connectivity index (χ2v) is 7.47. The van der Waals surface area contributed by atoms with Gasteiger partial charge < -0.3 is 5.11 Å². The first-order chi connectivity index (χ1) is 12.3. The summed E-state index contributed by atoms with van der Waals surface area (Å²) in [5.74, 6) is 0.288. The normalized spacial score (nSPS) is 16.8. The van der Waals surface area contributed by atoms with Crippen molar-refractivity contribution in [1.82, 2.24) is 4.90 Å². The highest BCUT2D eigenvalue weighted by Gasteiger charge is 2.23. The summed E-state index contributed by atoms with van der Waals surface area (Å²) in [5.41, 5.74) is 0.810. The van der Waals surface area contributed by atoms with Gasteiger partial charge in [0.2, 0.25) is 0 Å². The number of fused-ring (bicyclic) bond motifs is 1. The van der Waals surface area contributed by atoms with Crippen molar-refractivity contribution in [3.8, 4) is 5.75 Å². The van der Waals surface area contributed by atoms with Crippen LogP contribution >= 0.6 is 11.3 Å². The van der Waals surface area contributed by atoms with E-state index in [0.717, 1.165) is 36.0 Å². The van der Waals surface area contributed by atoms with Crippen LogP contribution in [0.15, 0.2) is 58.9 Å². The van der Waals surface area contributed by atoms with E-state index >= 15 is 0 Å². The minimum Gasteiger partial charge on any atom is -0.507 e. The number of hydrogen-bond donors (Lipinski definition) is 1. The van der Waals surface area contributed by atoms with Crippen LogP contribution in [0.1, 0.15) is 29.3 Å². The van der Waals surface area contributed by atoms with Gasteiger partial charge in [-0.25, -0.2) is 0 Å². The lowest BCUT2D eigenvalue weighted by Crippen LogP contribution is -2.27. The third-order valence-corrected chi connectivity index (χ3v) is 5.87. The van der Waals surface area contributed by atoms with E-state index in [1.165, 1.54) is 17.7 Å². The zero-order valence-corrected chi connectivity index (χ0v) is 15.0. The van der Waals surface area contributed by atoms with Crippen LogP contribution in [0.25, 0.3) is 10.8 Å². The number of phenols is 1. The summed E-state index contributed by atoms with van der Waals surface area (Å²) >= 11 is 1.80. The van der Waals surface area contributed by atoms with Gasteiger partial charge in [-0.1, -0.05) is 36.4 Å². The predicted octanol–water partition coefficient (Wildman–Crippen LogP) is 4.86. The van der Waals surface area contributed by atoms with E-state index in [1.54, 1.807) is 17.4 Å². The van der Waals surface area contributed by atoms with E-state index < -0.39 is 0 Å². The van der Waals surface area contributed by atoms with Crippen molar-refractivity contribution in [2.75, 3.05) is 19.6 Å². The lowest BCUT2D eigenvalue weighted by atomic mass is 10.0. The Balaban J connectivity index is 1.60. The molecular weight excluding hydrogens is 328 g/mol. The van der Waals surface area contributed by atoms with Crippen molar-refractivity contribution < 1.29 is 5.11 Å². The summed E-state index contributed by atoms with van der Waals surface area (Å²) in [7, 11) is 0. The molecule has 0 aliphatic carbocycles. The number of aromatic hydroxyl groups is 1. The van der Waals surface area contributed by atoms with Gasteiger partial charge in [0.25, 0.3) is 0 Å². The van der Waals surface area contributed by atoms with Crippen LogP contribution in [-0.2, 0) is 0 Å². The van der Waals surface area contributed by atoms with Gasteiger partial charge in [0, 0.05) is 16.7 Å². The van der Waals surface area contributed by atoms with Gasteiger partial charge >= 0.3 is 0 Å². The van der Waals surface area contributed by atoms with E-state index in [0.29, 0.717) is 6.04 Å². The van der Waals surface area contributed by atoms with Crippen molar-refractivity contribution in [3.05, 3.63) is 64.4 Å². The van der Waals surface area contributed by atoms with Crippen LogP contribution in [0.2, 0.25) is 0 Å². The molecule has 0 spiro atoms. The lowest BCUT2D eigenvalue weighted by Gasteiger charge is -2.25. The number of nitrogens with zero attached hydrogens (tertiary/aromatic N) is 2. The first-order valence-corrected chi connectivity index (χ1v) is 9.69. The molecule has 1 fully saturated rings. The molecule has 1 aliphatic rings. The van der Waals surface area contributed by atoms with Gasteiger partial charge in [0.1, 0.15) is 5.75 Å². The standard InChI is InChI=1S/C21H22N2OS/c24-20-10-9-16-6-1-2-7-17(16)18(20)14-22-15-19(21-8-5-13-25-21)23-11-3-4-12-23/h1-2,5-10,13-14,19,24H,3-4,11-12,15H2/t19-/m1/s1. The summed E-state index contributed by atoms with van der Waals surface area (Å²) in [6, 6.07) is 16.5. The average Bonchev–Trinajstić information content (AvgIpc) is 3.34. The van der Waals surface area contributed by atoms with Gasteiger partial charge in [-0.2, -0.15) is 0 Å². The molecule has 1 N–H and O–H groups in total. The number of aliphatic imine (C=N–C) groups is 1. The topological polar surface area (TPSA) is 35.8 Å². The van der Waals surface area contributed by atoms with E-state index in [2.05, 4.69) is 28.5 Å². The molecule has 0 radical (unpaired) electrons. The molecule has 128 valence electrons. The number of benzene rings is 2. The van der Waals surface area contributed by atoms with Gasteiger partial charge in [-0.15, -0.1) is 11.3 Å². The molecule has 3 aromatic rings. The fraction of sp³-hybridized carbons (Fsp3) is 0.286. The number of thiophene rings is 1. The van der Waals surface area contributed by atoms with E-state index in [9.17, 15) is 5.11 Å². The molecule has 1 saturated heterocycles. The molecule has 2 heterocycles. The van der Waals surface area contributed by atoms with Crippen LogP contribution in [0.4, 0.5) is 0 Å². The van der Waals surface area contributed by atoms with E-state index in [4.69, 9.17) is 4.99 Å². The monoisotopic (exact) mass is 350 g/mol. The van der Waals surface area contributed by atoms with Crippen molar-refractivity contribution in [2.24, 2.45) is 4.99 Å². The van der Waals surface area contributed by atoms with Crippen LogP contribution in [0.3, 0.4) is 0 Å². The highest BCUT2D eigenvalue weighted by Crippen LogP contribution is 2.29. The van der Waals surface area contributed by atoms with E-state index in [-0.39, 0.29) is 5.75 Å². The van der Waals surface area contributed by atoms with Crippen LogP contribution in [0.5, 0.6) is 5.75 Å². The zero-order chi connectivity index (χ0) is 17.1. The molecule has 3 nitrogen and oxygen atoms in total. The maximum Gasteiger partial charge on any atom is 0.124 e. The molecule has 1 aliphatic heterocycles. The number of likely N-dealkylation sites (tertiary alicyclic amines) is 1.